The Bertz CT molecular complexity index is 102. The van der Waals surface area contributed by atoms with Crippen molar-refractivity contribution in [3.05, 3.63) is 0 Å². The number of hydrogen-bond donors (Lipinski definition) is 2. The Balaban J connectivity index is 3.79. The summed E-state index contributed by atoms with van der Waals surface area (Å²) in [6.45, 7) is 13.9. The molecule has 0 spiro atoms. The molecule has 2 radical (unpaired) electrons. The van der Waals surface area contributed by atoms with E-state index in [1.165, 1.54) is 0 Å². The second kappa shape index (κ2) is 4.56. The van der Waals surface area contributed by atoms with E-state index < -0.39 is 8.40 Å². The third-order valence-electron chi connectivity index (χ3n) is 1.12. The fourth-order valence-corrected chi connectivity index (χ4v) is 12.1. The lowest BCUT2D eigenvalue weighted by Crippen LogP contribution is -2.64. The van der Waals surface area contributed by atoms with Gasteiger partial charge in [-0.1, -0.05) is 26.2 Å². The minimum atomic E-state index is -1.24. The molecule has 0 amide bonds. The van der Waals surface area contributed by atoms with Gasteiger partial charge in [0, 0.05) is 0 Å². The van der Waals surface area contributed by atoms with Gasteiger partial charge in [0.2, 0.25) is 0 Å². The molecule has 5 heteroatoms. The molecule has 0 aliphatic rings. The van der Waals surface area contributed by atoms with Crippen LogP contribution in [-0.4, -0.2) is 26.3 Å². The van der Waals surface area contributed by atoms with Crippen LogP contribution in [0.25, 0.3) is 0 Å². The summed E-state index contributed by atoms with van der Waals surface area (Å²) in [5.41, 5.74) is 0. The van der Waals surface area contributed by atoms with E-state index >= 15 is 0 Å². The van der Waals surface area contributed by atoms with Gasteiger partial charge in [-0.2, -0.15) is 0 Å². The lowest BCUT2D eigenvalue weighted by atomic mass is 11.9. The lowest BCUT2D eigenvalue weighted by molar-refractivity contribution is 1.23. The molecule has 0 aliphatic heterocycles. The first-order chi connectivity index (χ1) is 4.83. The van der Waals surface area contributed by atoms with Gasteiger partial charge in [0.1, 0.15) is 17.9 Å². The fraction of sp³-hybridized carbons (Fsp3) is 1.00. The van der Waals surface area contributed by atoms with Gasteiger partial charge in [0.05, 0.1) is 0 Å². The third-order valence-corrected chi connectivity index (χ3v) is 10.1. The zero-order valence-corrected chi connectivity index (χ0v) is 11.5. The van der Waals surface area contributed by atoms with Crippen LogP contribution >= 0.6 is 0 Å². The molecule has 0 aliphatic carbocycles. The summed E-state index contributed by atoms with van der Waals surface area (Å²) in [5, 5.41) is 0. The molecule has 0 fully saturated rings. The standard InChI is InChI=1S/C6H20N2Si3/c1-9(2)7-11(5,6)8-10(3)4/h7-8H,1-6H3. The van der Waals surface area contributed by atoms with Crippen molar-refractivity contribution in [2.45, 2.75) is 39.3 Å². The smallest absolute Gasteiger partial charge is 0.181 e. The zero-order chi connectivity index (χ0) is 9.07. The topological polar surface area (TPSA) is 24.1 Å². The first kappa shape index (κ1) is 11.6. The maximum absolute atomic E-state index is 3.71. The highest BCUT2D eigenvalue weighted by Crippen LogP contribution is 1.93. The van der Waals surface area contributed by atoms with Gasteiger partial charge in [0.25, 0.3) is 0 Å². The van der Waals surface area contributed by atoms with E-state index in [-0.39, 0.29) is 17.9 Å². The summed E-state index contributed by atoms with van der Waals surface area (Å²) < 4.78 is 7.41. The third kappa shape index (κ3) is 6.95. The van der Waals surface area contributed by atoms with Crippen LogP contribution in [0.2, 0.25) is 39.3 Å². The normalized spacial score (nSPS) is 13.1. The summed E-state index contributed by atoms with van der Waals surface area (Å²) in [6, 6.07) is 0. The average molecular weight is 204 g/mol. The van der Waals surface area contributed by atoms with Crippen molar-refractivity contribution < 1.29 is 0 Å². The highest BCUT2D eigenvalue weighted by atomic mass is 28.4. The summed E-state index contributed by atoms with van der Waals surface area (Å²) in [6.07, 6.45) is 0. The Hall–Kier alpha value is 0.571. The summed E-state index contributed by atoms with van der Waals surface area (Å²) >= 11 is 0. The number of rotatable bonds is 4. The van der Waals surface area contributed by atoms with Gasteiger partial charge in [-0.05, 0) is 13.1 Å². The highest BCUT2D eigenvalue weighted by Gasteiger charge is 2.22. The minimum absolute atomic E-state index is 0.271. The maximum atomic E-state index is 3.71. The van der Waals surface area contributed by atoms with E-state index in [1.54, 1.807) is 0 Å². The Morgan fingerprint density at radius 3 is 1.27 bits per heavy atom. The van der Waals surface area contributed by atoms with Crippen molar-refractivity contribution in [3.63, 3.8) is 0 Å². The molecule has 0 rings (SSSR count). The first-order valence-corrected chi connectivity index (χ1v) is 12.0. The molecule has 11 heavy (non-hydrogen) atoms. The number of nitrogens with one attached hydrogen (secondary N) is 2. The summed E-state index contributed by atoms with van der Waals surface area (Å²) in [5.74, 6) is 0. The van der Waals surface area contributed by atoms with Crippen LogP contribution in [-0.2, 0) is 0 Å². The van der Waals surface area contributed by atoms with Crippen LogP contribution in [0.4, 0.5) is 0 Å². The Morgan fingerprint density at radius 1 is 0.818 bits per heavy atom. The molecule has 0 bridgehead atoms. The second-order valence-electron chi connectivity index (χ2n) is 3.88. The first-order valence-electron chi connectivity index (χ1n) is 4.00. The Morgan fingerprint density at radius 2 is 1.09 bits per heavy atom. The van der Waals surface area contributed by atoms with E-state index in [1.807, 2.05) is 0 Å². The maximum Gasteiger partial charge on any atom is 0.181 e. The van der Waals surface area contributed by atoms with Gasteiger partial charge in [-0.25, -0.2) is 0 Å². The van der Waals surface area contributed by atoms with Gasteiger partial charge >= 0.3 is 0 Å². The average Bonchev–Trinajstić information content (AvgIpc) is 1.53. The number of hydrogen-bond acceptors (Lipinski definition) is 2. The van der Waals surface area contributed by atoms with Crippen molar-refractivity contribution >= 4 is 26.3 Å². The fourth-order valence-electron chi connectivity index (χ4n) is 1.28. The van der Waals surface area contributed by atoms with Crippen LogP contribution in [0.3, 0.4) is 0 Å². The van der Waals surface area contributed by atoms with Crippen LogP contribution in [0, 0.1) is 0 Å². The van der Waals surface area contributed by atoms with E-state index in [9.17, 15) is 0 Å². The van der Waals surface area contributed by atoms with E-state index in [0.29, 0.717) is 0 Å². The second-order valence-corrected chi connectivity index (χ2v) is 13.1. The molecule has 0 aromatic heterocycles. The molecule has 0 saturated heterocycles. The van der Waals surface area contributed by atoms with Crippen molar-refractivity contribution in [3.8, 4) is 0 Å². The molecule has 0 aromatic carbocycles. The van der Waals surface area contributed by atoms with E-state index in [2.05, 4.69) is 48.6 Å². The summed E-state index contributed by atoms with van der Waals surface area (Å²) in [4.78, 5) is 0. The van der Waals surface area contributed by atoms with Gasteiger partial charge in [-0.15, -0.1) is 0 Å². The van der Waals surface area contributed by atoms with Crippen LogP contribution in [0.5, 0.6) is 0 Å². The predicted octanol–water partition coefficient (Wildman–Crippen LogP) is 1.37. The van der Waals surface area contributed by atoms with Gasteiger partial charge < -0.3 is 9.30 Å². The predicted molar refractivity (Wildman–Crippen MR) is 58.7 cm³/mol. The van der Waals surface area contributed by atoms with Crippen molar-refractivity contribution in [1.82, 2.24) is 9.30 Å². The molecule has 0 saturated carbocycles. The Labute approximate surface area is 75.3 Å². The van der Waals surface area contributed by atoms with Crippen molar-refractivity contribution in [2.75, 3.05) is 0 Å². The van der Waals surface area contributed by atoms with Crippen LogP contribution in [0.1, 0.15) is 0 Å². The van der Waals surface area contributed by atoms with E-state index in [4.69, 9.17) is 0 Å². The minimum Gasteiger partial charge on any atom is -0.349 e. The molecule has 0 atom stereocenters. The van der Waals surface area contributed by atoms with Crippen molar-refractivity contribution in [1.29, 1.82) is 0 Å². The molecule has 66 valence electrons. The molecule has 2 nitrogen and oxygen atoms in total. The monoisotopic (exact) mass is 204 g/mol. The molecule has 0 unspecified atom stereocenters. The highest BCUT2D eigenvalue weighted by molar-refractivity contribution is 6.88. The van der Waals surface area contributed by atoms with Crippen LogP contribution < -0.4 is 9.30 Å². The SMILES string of the molecule is C[Si](C)N[Si](C)(C)N[Si](C)C. The van der Waals surface area contributed by atoms with E-state index in [0.717, 1.165) is 0 Å². The largest absolute Gasteiger partial charge is 0.349 e. The summed E-state index contributed by atoms with van der Waals surface area (Å²) in [7, 11) is -1.78. The lowest BCUT2D eigenvalue weighted by Gasteiger charge is -2.28. The van der Waals surface area contributed by atoms with Crippen LogP contribution in [0.15, 0.2) is 0 Å². The zero-order valence-electron chi connectivity index (χ0n) is 8.50. The molecule has 2 N–H and O–H groups in total. The Kier molecular flexibility index (Phi) is 4.80. The molecular formula is C6H20N2Si3. The quantitative estimate of drug-likeness (QED) is 0.676. The molecule has 0 aromatic rings. The van der Waals surface area contributed by atoms with Crippen molar-refractivity contribution in [2.24, 2.45) is 0 Å². The van der Waals surface area contributed by atoms with Gasteiger partial charge in [0.15, 0.2) is 8.40 Å². The molecular weight excluding hydrogens is 184 g/mol. The van der Waals surface area contributed by atoms with Gasteiger partial charge in [-0.3, -0.25) is 0 Å². The molecule has 0 heterocycles.